The third kappa shape index (κ3) is 4.38. The molecular weight excluding hydrogens is 326 g/mol. The quantitative estimate of drug-likeness (QED) is 0.895. The van der Waals surface area contributed by atoms with Crippen molar-refractivity contribution in [2.45, 2.75) is 26.7 Å². The number of carbonyl (C=O) groups is 1. The van der Waals surface area contributed by atoms with Crippen LogP contribution in [0.4, 0.5) is 11.6 Å². The summed E-state index contributed by atoms with van der Waals surface area (Å²) in [4.78, 5) is 25.5. The SMILES string of the molecule is Cc1cccc(C(C)C)c1NC(=O)CN1CCN(c2ncccn2)CC1. The van der Waals surface area contributed by atoms with Crippen molar-refractivity contribution in [2.75, 3.05) is 42.9 Å². The molecule has 1 N–H and O–H groups in total. The van der Waals surface area contributed by atoms with Gasteiger partial charge in [0.1, 0.15) is 0 Å². The predicted molar refractivity (Wildman–Crippen MR) is 105 cm³/mol. The first-order chi connectivity index (χ1) is 12.5. The molecule has 0 radical (unpaired) electrons. The third-order valence-corrected chi connectivity index (χ3v) is 4.77. The van der Waals surface area contributed by atoms with Gasteiger partial charge in [0.25, 0.3) is 0 Å². The van der Waals surface area contributed by atoms with Crippen molar-refractivity contribution in [1.82, 2.24) is 14.9 Å². The van der Waals surface area contributed by atoms with Gasteiger partial charge in [-0.05, 0) is 30.0 Å². The zero-order chi connectivity index (χ0) is 18.5. The zero-order valence-electron chi connectivity index (χ0n) is 15.8. The number of aromatic nitrogens is 2. The molecule has 0 aliphatic carbocycles. The molecule has 1 aromatic carbocycles. The molecule has 26 heavy (non-hydrogen) atoms. The number of para-hydroxylation sites is 1. The molecule has 0 spiro atoms. The van der Waals surface area contributed by atoms with Crippen LogP contribution in [0.2, 0.25) is 0 Å². The summed E-state index contributed by atoms with van der Waals surface area (Å²) in [5.41, 5.74) is 3.25. The first-order valence-corrected chi connectivity index (χ1v) is 9.18. The van der Waals surface area contributed by atoms with E-state index in [2.05, 4.69) is 45.0 Å². The van der Waals surface area contributed by atoms with E-state index in [-0.39, 0.29) is 5.91 Å². The first-order valence-electron chi connectivity index (χ1n) is 9.18. The van der Waals surface area contributed by atoms with Crippen LogP contribution in [-0.4, -0.2) is 53.5 Å². The van der Waals surface area contributed by atoms with Crippen LogP contribution < -0.4 is 10.2 Å². The highest BCUT2D eigenvalue weighted by Crippen LogP contribution is 2.27. The summed E-state index contributed by atoms with van der Waals surface area (Å²) in [5.74, 6) is 1.18. The van der Waals surface area contributed by atoms with Gasteiger partial charge in [0, 0.05) is 44.3 Å². The Balaban J connectivity index is 1.56. The number of hydrogen-bond acceptors (Lipinski definition) is 5. The van der Waals surface area contributed by atoms with Gasteiger partial charge in [0.05, 0.1) is 6.54 Å². The minimum atomic E-state index is 0.0469. The Morgan fingerprint density at radius 3 is 2.46 bits per heavy atom. The fourth-order valence-electron chi connectivity index (χ4n) is 3.28. The van der Waals surface area contributed by atoms with Gasteiger partial charge in [0.2, 0.25) is 11.9 Å². The lowest BCUT2D eigenvalue weighted by molar-refractivity contribution is -0.117. The van der Waals surface area contributed by atoms with Crippen molar-refractivity contribution >= 4 is 17.5 Å². The molecule has 1 saturated heterocycles. The molecule has 2 heterocycles. The summed E-state index contributed by atoms with van der Waals surface area (Å²) in [6.07, 6.45) is 3.52. The lowest BCUT2D eigenvalue weighted by Crippen LogP contribution is -2.49. The normalized spacial score (nSPS) is 15.3. The van der Waals surface area contributed by atoms with Gasteiger partial charge in [-0.25, -0.2) is 9.97 Å². The number of carbonyl (C=O) groups excluding carboxylic acids is 1. The Bertz CT molecular complexity index is 739. The molecule has 1 aromatic heterocycles. The Kier molecular flexibility index (Phi) is 5.83. The van der Waals surface area contributed by atoms with E-state index in [0.717, 1.165) is 43.4 Å². The summed E-state index contributed by atoms with van der Waals surface area (Å²) in [6, 6.07) is 8.00. The average Bonchev–Trinajstić information content (AvgIpc) is 2.64. The fraction of sp³-hybridized carbons (Fsp3) is 0.450. The summed E-state index contributed by atoms with van der Waals surface area (Å²) in [7, 11) is 0. The number of benzene rings is 1. The van der Waals surface area contributed by atoms with Crippen molar-refractivity contribution in [2.24, 2.45) is 0 Å². The maximum absolute atomic E-state index is 12.6. The maximum Gasteiger partial charge on any atom is 0.238 e. The van der Waals surface area contributed by atoms with Crippen LogP contribution in [0.1, 0.15) is 30.9 Å². The number of rotatable bonds is 5. The fourth-order valence-corrected chi connectivity index (χ4v) is 3.28. The number of anilines is 2. The van der Waals surface area contributed by atoms with Crippen LogP contribution in [-0.2, 0) is 4.79 Å². The Hall–Kier alpha value is -2.47. The van der Waals surface area contributed by atoms with Crippen molar-refractivity contribution in [3.05, 3.63) is 47.8 Å². The van der Waals surface area contributed by atoms with E-state index in [4.69, 9.17) is 0 Å². The molecule has 1 aliphatic rings. The van der Waals surface area contributed by atoms with Crippen molar-refractivity contribution in [1.29, 1.82) is 0 Å². The van der Waals surface area contributed by atoms with E-state index in [1.54, 1.807) is 12.4 Å². The Labute approximate surface area is 155 Å². The molecule has 0 bridgehead atoms. The molecule has 0 saturated carbocycles. The molecule has 6 nitrogen and oxygen atoms in total. The zero-order valence-corrected chi connectivity index (χ0v) is 15.8. The van der Waals surface area contributed by atoms with Gasteiger partial charge in [-0.15, -0.1) is 0 Å². The molecule has 138 valence electrons. The van der Waals surface area contributed by atoms with Gasteiger partial charge in [-0.1, -0.05) is 32.0 Å². The van der Waals surface area contributed by atoms with Gasteiger partial charge < -0.3 is 10.2 Å². The van der Waals surface area contributed by atoms with E-state index < -0.39 is 0 Å². The molecular formula is C20H27N5O. The van der Waals surface area contributed by atoms with Crippen LogP contribution in [0.15, 0.2) is 36.7 Å². The van der Waals surface area contributed by atoms with E-state index >= 15 is 0 Å². The van der Waals surface area contributed by atoms with E-state index in [1.807, 2.05) is 25.1 Å². The smallest absolute Gasteiger partial charge is 0.238 e. The minimum absolute atomic E-state index is 0.0469. The summed E-state index contributed by atoms with van der Waals surface area (Å²) in [5, 5.41) is 3.13. The Morgan fingerprint density at radius 2 is 1.81 bits per heavy atom. The molecule has 1 amide bonds. The van der Waals surface area contributed by atoms with E-state index in [9.17, 15) is 4.79 Å². The number of piperazine rings is 1. The number of amides is 1. The second-order valence-electron chi connectivity index (χ2n) is 7.05. The molecule has 0 atom stereocenters. The molecule has 0 unspecified atom stereocenters. The maximum atomic E-state index is 12.6. The molecule has 2 aromatic rings. The first kappa shape index (κ1) is 18.3. The molecule has 3 rings (SSSR count). The summed E-state index contributed by atoms with van der Waals surface area (Å²) in [6.45, 7) is 10.1. The predicted octanol–water partition coefficient (Wildman–Crippen LogP) is 2.67. The number of nitrogens with zero attached hydrogens (tertiary/aromatic N) is 4. The van der Waals surface area contributed by atoms with Crippen LogP contribution in [0.25, 0.3) is 0 Å². The number of nitrogens with one attached hydrogen (secondary N) is 1. The van der Waals surface area contributed by atoms with Crippen LogP contribution >= 0.6 is 0 Å². The topological polar surface area (TPSA) is 61.4 Å². The molecule has 6 heteroatoms. The van der Waals surface area contributed by atoms with Gasteiger partial charge in [-0.2, -0.15) is 0 Å². The van der Waals surface area contributed by atoms with Crippen molar-refractivity contribution < 1.29 is 4.79 Å². The monoisotopic (exact) mass is 353 g/mol. The number of hydrogen-bond donors (Lipinski definition) is 1. The highest BCUT2D eigenvalue weighted by atomic mass is 16.2. The minimum Gasteiger partial charge on any atom is -0.338 e. The van der Waals surface area contributed by atoms with E-state index in [0.29, 0.717) is 12.5 Å². The Morgan fingerprint density at radius 1 is 1.12 bits per heavy atom. The average molecular weight is 353 g/mol. The standard InChI is InChI=1S/C20H27N5O/c1-15(2)17-7-4-6-16(3)19(17)23-18(26)14-24-10-12-25(13-11-24)20-21-8-5-9-22-20/h4-9,15H,10-14H2,1-3H3,(H,23,26). The highest BCUT2D eigenvalue weighted by Gasteiger charge is 2.21. The van der Waals surface area contributed by atoms with Crippen LogP contribution in [0.5, 0.6) is 0 Å². The highest BCUT2D eigenvalue weighted by molar-refractivity contribution is 5.94. The molecule has 1 aliphatic heterocycles. The van der Waals surface area contributed by atoms with Crippen molar-refractivity contribution in [3.8, 4) is 0 Å². The lowest BCUT2D eigenvalue weighted by Gasteiger charge is -2.34. The molecule has 1 fully saturated rings. The van der Waals surface area contributed by atoms with Crippen LogP contribution in [0.3, 0.4) is 0 Å². The third-order valence-electron chi connectivity index (χ3n) is 4.77. The van der Waals surface area contributed by atoms with Crippen LogP contribution in [0, 0.1) is 6.92 Å². The van der Waals surface area contributed by atoms with Gasteiger partial charge >= 0.3 is 0 Å². The second-order valence-corrected chi connectivity index (χ2v) is 7.05. The van der Waals surface area contributed by atoms with Gasteiger partial charge in [-0.3, -0.25) is 9.69 Å². The largest absolute Gasteiger partial charge is 0.338 e. The second kappa shape index (κ2) is 8.27. The van der Waals surface area contributed by atoms with Gasteiger partial charge in [0.15, 0.2) is 0 Å². The lowest BCUT2D eigenvalue weighted by atomic mass is 9.98. The summed E-state index contributed by atoms with van der Waals surface area (Å²) < 4.78 is 0. The van der Waals surface area contributed by atoms with E-state index in [1.165, 1.54) is 5.56 Å². The summed E-state index contributed by atoms with van der Waals surface area (Å²) >= 11 is 0. The number of aryl methyl sites for hydroxylation is 1. The van der Waals surface area contributed by atoms with Crippen molar-refractivity contribution in [3.63, 3.8) is 0 Å².